The number of aryl methyl sites for hydroxylation is 1. The molecular weight excluding hydrogens is 270 g/mol. The first-order valence-electron chi connectivity index (χ1n) is 6.76. The SMILES string of the molecule is O=C(O)C1CN(C(=O)CCn2cccn2)c2ccccc21. The molecule has 3 rings (SSSR count). The Bertz CT molecular complexity index is 667. The zero-order chi connectivity index (χ0) is 14.8. The lowest BCUT2D eigenvalue weighted by molar-refractivity contribution is -0.138. The van der Waals surface area contributed by atoms with Gasteiger partial charge in [0.25, 0.3) is 0 Å². The molecule has 6 heteroatoms. The first kappa shape index (κ1) is 13.4. The van der Waals surface area contributed by atoms with Crippen LogP contribution in [0.2, 0.25) is 0 Å². The van der Waals surface area contributed by atoms with Crippen molar-refractivity contribution < 1.29 is 14.7 Å². The topological polar surface area (TPSA) is 75.4 Å². The Morgan fingerprint density at radius 2 is 2.10 bits per heavy atom. The van der Waals surface area contributed by atoms with E-state index in [-0.39, 0.29) is 12.5 Å². The summed E-state index contributed by atoms with van der Waals surface area (Å²) in [5.41, 5.74) is 1.41. The molecule has 108 valence electrons. The zero-order valence-corrected chi connectivity index (χ0v) is 11.3. The zero-order valence-electron chi connectivity index (χ0n) is 11.3. The first-order valence-corrected chi connectivity index (χ1v) is 6.76. The molecule has 1 N–H and O–H groups in total. The second-order valence-corrected chi connectivity index (χ2v) is 4.97. The molecule has 1 atom stereocenters. The second-order valence-electron chi connectivity index (χ2n) is 4.97. The summed E-state index contributed by atoms with van der Waals surface area (Å²) in [6, 6.07) is 8.98. The van der Waals surface area contributed by atoms with Gasteiger partial charge in [0.1, 0.15) is 5.92 Å². The number of carbonyl (C=O) groups is 2. The van der Waals surface area contributed by atoms with Gasteiger partial charge in [-0.05, 0) is 17.7 Å². The van der Waals surface area contributed by atoms with Gasteiger partial charge in [0.05, 0.1) is 0 Å². The number of amides is 1. The fourth-order valence-electron chi connectivity index (χ4n) is 2.63. The van der Waals surface area contributed by atoms with Crippen molar-refractivity contribution in [3.05, 3.63) is 48.3 Å². The molecular formula is C15H15N3O3. The highest BCUT2D eigenvalue weighted by molar-refractivity contribution is 5.98. The predicted octanol–water partition coefficient (Wildman–Crippen LogP) is 1.49. The highest BCUT2D eigenvalue weighted by Crippen LogP contribution is 2.36. The third kappa shape index (κ3) is 2.52. The largest absolute Gasteiger partial charge is 0.481 e. The van der Waals surface area contributed by atoms with Gasteiger partial charge in [-0.25, -0.2) is 0 Å². The van der Waals surface area contributed by atoms with Crippen LogP contribution in [0.4, 0.5) is 5.69 Å². The van der Waals surface area contributed by atoms with E-state index in [1.807, 2.05) is 6.07 Å². The Morgan fingerprint density at radius 1 is 1.29 bits per heavy atom. The molecule has 1 aromatic carbocycles. The van der Waals surface area contributed by atoms with Crippen LogP contribution in [-0.4, -0.2) is 33.3 Å². The molecule has 1 unspecified atom stereocenters. The summed E-state index contributed by atoms with van der Waals surface area (Å²) in [6.45, 7) is 0.689. The highest BCUT2D eigenvalue weighted by atomic mass is 16.4. The van der Waals surface area contributed by atoms with Crippen molar-refractivity contribution in [3.8, 4) is 0 Å². The Morgan fingerprint density at radius 3 is 2.81 bits per heavy atom. The van der Waals surface area contributed by atoms with E-state index in [1.165, 1.54) is 0 Å². The molecule has 0 saturated carbocycles. The molecule has 6 nitrogen and oxygen atoms in total. The fourth-order valence-corrected chi connectivity index (χ4v) is 2.63. The van der Waals surface area contributed by atoms with Crippen LogP contribution in [0.25, 0.3) is 0 Å². The number of benzene rings is 1. The van der Waals surface area contributed by atoms with Crippen LogP contribution in [0.1, 0.15) is 17.9 Å². The normalized spacial score (nSPS) is 16.8. The van der Waals surface area contributed by atoms with E-state index in [1.54, 1.807) is 46.2 Å². The number of hydrogen-bond acceptors (Lipinski definition) is 3. The Labute approximate surface area is 121 Å². The predicted molar refractivity (Wildman–Crippen MR) is 76.0 cm³/mol. The standard InChI is InChI=1S/C15H15N3O3/c19-14(6-9-17-8-3-7-16-17)18-10-12(15(20)21)11-4-1-2-5-13(11)18/h1-5,7-8,12H,6,9-10H2,(H,20,21). The monoisotopic (exact) mass is 285 g/mol. The molecule has 2 heterocycles. The second kappa shape index (κ2) is 5.40. The Hall–Kier alpha value is -2.63. The van der Waals surface area contributed by atoms with Gasteiger partial charge < -0.3 is 10.0 Å². The molecule has 1 aliphatic rings. The summed E-state index contributed by atoms with van der Waals surface area (Å²) in [5.74, 6) is -1.62. The minimum atomic E-state index is -0.898. The summed E-state index contributed by atoms with van der Waals surface area (Å²) in [5, 5.41) is 13.3. The number of nitrogens with zero attached hydrogens (tertiary/aromatic N) is 3. The van der Waals surface area contributed by atoms with Crippen LogP contribution in [0.15, 0.2) is 42.7 Å². The highest BCUT2D eigenvalue weighted by Gasteiger charge is 2.35. The van der Waals surface area contributed by atoms with Crippen molar-refractivity contribution in [1.29, 1.82) is 0 Å². The third-order valence-electron chi connectivity index (χ3n) is 3.68. The van der Waals surface area contributed by atoms with Crippen molar-refractivity contribution in [3.63, 3.8) is 0 Å². The lowest BCUT2D eigenvalue weighted by atomic mass is 10.0. The van der Waals surface area contributed by atoms with Crippen molar-refractivity contribution in [2.45, 2.75) is 18.9 Å². The van der Waals surface area contributed by atoms with E-state index < -0.39 is 11.9 Å². The average Bonchev–Trinajstić information content (AvgIpc) is 3.12. The smallest absolute Gasteiger partial charge is 0.312 e. The molecule has 1 aliphatic heterocycles. The van der Waals surface area contributed by atoms with Crippen LogP contribution < -0.4 is 4.90 Å². The maximum Gasteiger partial charge on any atom is 0.312 e. The molecule has 0 bridgehead atoms. The van der Waals surface area contributed by atoms with Crippen molar-refractivity contribution in [2.24, 2.45) is 0 Å². The van der Waals surface area contributed by atoms with E-state index in [0.29, 0.717) is 24.2 Å². The van der Waals surface area contributed by atoms with E-state index in [0.717, 1.165) is 0 Å². The minimum Gasteiger partial charge on any atom is -0.481 e. The number of fused-ring (bicyclic) bond motifs is 1. The van der Waals surface area contributed by atoms with E-state index in [2.05, 4.69) is 5.10 Å². The molecule has 1 amide bonds. The molecule has 0 saturated heterocycles. The number of carbonyl (C=O) groups excluding carboxylic acids is 1. The number of para-hydroxylation sites is 1. The molecule has 0 aliphatic carbocycles. The lowest BCUT2D eigenvalue weighted by Gasteiger charge is -2.17. The molecule has 0 spiro atoms. The molecule has 1 aromatic heterocycles. The van der Waals surface area contributed by atoms with E-state index in [9.17, 15) is 14.7 Å². The van der Waals surface area contributed by atoms with Crippen LogP contribution in [0.5, 0.6) is 0 Å². The number of hydrogen-bond donors (Lipinski definition) is 1. The van der Waals surface area contributed by atoms with Crippen molar-refractivity contribution in [2.75, 3.05) is 11.4 Å². The van der Waals surface area contributed by atoms with Gasteiger partial charge in [-0.15, -0.1) is 0 Å². The number of aliphatic carboxylic acids is 1. The summed E-state index contributed by atoms with van der Waals surface area (Å²) in [4.78, 5) is 25.3. The minimum absolute atomic E-state index is 0.0818. The third-order valence-corrected chi connectivity index (χ3v) is 3.68. The van der Waals surface area contributed by atoms with Gasteiger partial charge in [-0.3, -0.25) is 14.3 Å². The van der Waals surface area contributed by atoms with E-state index in [4.69, 9.17) is 0 Å². The first-order chi connectivity index (χ1) is 10.2. The molecule has 0 fully saturated rings. The summed E-state index contributed by atoms with van der Waals surface area (Å²) in [6.07, 6.45) is 3.75. The summed E-state index contributed by atoms with van der Waals surface area (Å²) < 4.78 is 1.69. The molecule has 0 radical (unpaired) electrons. The quantitative estimate of drug-likeness (QED) is 0.923. The maximum absolute atomic E-state index is 12.4. The van der Waals surface area contributed by atoms with Crippen molar-refractivity contribution in [1.82, 2.24) is 9.78 Å². The Kier molecular flexibility index (Phi) is 3.43. The summed E-state index contributed by atoms with van der Waals surface area (Å²) >= 11 is 0. The van der Waals surface area contributed by atoms with Gasteiger partial charge in [-0.2, -0.15) is 5.10 Å². The van der Waals surface area contributed by atoms with Gasteiger partial charge in [0.2, 0.25) is 5.91 Å². The number of anilines is 1. The lowest BCUT2D eigenvalue weighted by Crippen LogP contribution is -2.31. The number of carboxylic acid groups (broad SMARTS) is 1. The van der Waals surface area contributed by atoms with Gasteiger partial charge in [0.15, 0.2) is 0 Å². The average molecular weight is 285 g/mol. The van der Waals surface area contributed by atoms with Gasteiger partial charge >= 0.3 is 5.97 Å². The number of rotatable bonds is 4. The van der Waals surface area contributed by atoms with Crippen LogP contribution in [-0.2, 0) is 16.1 Å². The van der Waals surface area contributed by atoms with Crippen molar-refractivity contribution >= 4 is 17.6 Å². The fraction of sp³-hybridized carbons (Fsp3) is 0.267. The molecule has 21 heavy (non-hydrogen) atoms. The number of aromatic nitrogens is 2. The number of carboxylic acids is 1. The van der Waals surface area contributed by atoms with E-state index >= 15 is 0 Å². The van der Waals surface area contributed by atoms with Crippen LogP contribution in [0, 0.1) is 0 Å². The van der Waals surface area contributed by atoms with Crippen LogP contribution >= 0.6 is 0 Å². The maximum atomic E-state index is 12.4. The van der Waals surface area contributed by atoms with Gasteiger partial charge in [0, 0.05) is 37.6 Å². The van der Waals surface area contributed by atoms with Crippen LogP contribution in [0.3, 0.4) is 0 Å². The van der Waals surface area contributed by atoms with Gasteiger partial charge in [-0.1, -0.05) is 18.2 Å². The molecule has 2 aromatic rings. The summed E-state index contributed by atoms with van der Waals surface area (Å²) in [7, 11) is 0. The Balaban J connectivity index is 1.76.